The van der Waals surface area contributed by atoms with Gasteiger partial charge in [-0.05, 0) is 25.1 Å². The average molecular weight is 251 g/mol. The summed E-state index contributed by atoms with van der Waals surface area (Å²) in [6.07, 6.45) is 0.663. The molecule has 0 amide bonds. The summed E-state index contributed by atoms with van der Waals surface area (Å²) in [4.78, 5) is 11.5. The van der Waals surface area contributed by atoms with Gasteiger partial charge >= 0.3 is 0 Å². The lowest BCUT2D eigenvalue weighted by Crippen LogP contribution is -2.19. The number of benzene rings is 1. The van der Waals surface area contributed by atoms with Crippen LogP contribution in [0.1, 0.15) is 17.3 Å². The largest absolute Gasteiger partial charge is 0.394 e. The van der Waals surface area contributed by atoms with Crippen molar-refractivity contribution >= 4 is 16.7 Å². The van der Waals surface area contributed by atoms with E-state index in [1.165, 1.54) is 19.1 Å². The number of aliphatic hydroxyl groups excluding tert-OH is 2. The van der Waals surface area contributed by atoms with Crippen LogP contribution in [-0.4, -0.2) is 33.3 Å². The molecule has 4 nitrogen and oxygen atoms in total. The van der Waals surface area contributed by atoms with Gasteiger partial charge in [-0.3, -0.25) is 4.79 Å². The van der Waals surface area contributed by atoms with Crippen LogP contribution in [0.25, 0.3) is 10.9 Å². The lowest BCUT2D eigenvalue weighted by Gasteiger charge is -2.09. The van der Waals surface area contributed by atoms with Gasteiger partial charge in [0.05, 0.1) is 19.3 Å². The number of carbonyl (C=O) groups is 1. The molecule has 1 aromatic carbocycles. The molecule has 5 heteroatoms. The van der Waals surface area contributed by atoms with Crippen molar-refractivity contribution in [3.05, 3.63) is 35.8 Å². The van der Waals surface area contributed by atoms with Gasteiger partial charge in [0.2, 0.25) is 0 Å². The van der Waals surface area contributed by atoms with E-state index in [1.807, 2.05) is 0 Å². The van der Waals surface area contributed by atoms with Crippen molar-refractivity contribution in [3.8, 4) is 0 Å². The number of aliphatic hydroxyl groups is 2. The van der Waals surface area contributed by atoms with Gasteiger partial charge in [0.1, 0.15) is 5.82 Å². The number of rotatable bonds is 4. The molecule has 0 aliphatic heterocycles. The molecular weight excluding hydrogens is 237 g/mol. The van der Waals surface area contributed by atoms with E-state index >= 15 is 0 Å². The topological polar surface area (TPSA) is 62.5 Å². The highest BCUT2D eigenvalue weighted by atomic mass is 19.1. The number of halogens is 1. The highest BCUT2D eigenvalue weighted by Crippen LogP contribution is 2.23. The molecule has 96 valence electrons. The van der Waals surface area contributed by atoms with Crippen molar-refractivity contribution in [1.82, 2.24) is 4.57 Å². The Hall–Kier alpha value is -1.72. The summed E-state index contributed by atoms with van der Waals surface area (Å²) < 4.78 is 14.9. The summed E-state index contributed by atoms with van der Waals surface area (Å²) in [6, 6.07) is 4.16. The lowest BCUT2D eigenvalue weighted by molar-refractivity contribution is 0.0821. The summed E-state index contributed by atoms with van der Waals surface area (Å²) in [7, 11) is 0. The van der Waals surface area contributed by atoms with E-state index in [0.29, 0.717) is 16.5 Å². The smallest absolute Gasteiger partial charge is 0.161 e. The lowest BCUT2D eigenvalue weighted by atomic mass is 10.1. The Morgan fingerprint density at radius 3 is 2.83 bits per heavy atom. The second kappa shape index (κ2) is 4.88. The summed E-state index contributed by atoms with van der Waals surface area (Å²) in [6.45, 7) is 1.20. The predicted molar refractivity (Wildman–Crippen MR) is 65.0 cm³/mol. The van der Waals surface area contributed by atoms with Crippen LogP contribution < -0.4 is 0 Å². The SMILES string of the molecule is CC(=O)c1cn(CC(O)CO)c2ccc(F)cc12. The van der Waals surface area contributed by atoms with Gasteiger partial charge in [0.25, 0.3) is 0 Å². The van der Waals surface area contributed by atoms with E-state index in [4.69, 9.17) is 5.11 Å². The Morgan fingerprint density at radius 1 is 1.50 bits per heavy atom. The maximum atomic E-state index is 13.2. The Bertz CT molecular complexity index is 591. The number of nitrogens with zero attached hydrogens (tertiary/aromatic N) is 1. The normalized spacial score (nSPS) is 12.9. The molecule has 1 heterocycles. The first-order valence-electron chi connectivity index (χ1n) is 5.61. The van der Waals surface area contributed by atoms with Crippen LogP contribution in [0.4, 0.5) is 4.39 Å². The highest BCUT2D eigenvalue weighted by Gasteiger charge is 2.14. The quantitative estimate of drug-likeness (QED) is 0.806. The molecule has 1 atom stereocenters. The zero-order valence-corrected chi connectivity index (χ0v) is 9.93. The third-order valence-electron chi connectivity index (χ3n) is 2.84. The number of aromatic nitrogens is 1. The third-order valence-corrected chi connectivity index (χ3v) is 2.84. The van der Waals surface area contributed by atoms with E-state index in [0.717, 1.165) is 0 Å². The molecule has 0 radical (unpaired) electrons. The van der Waals surface area contributed by atoms with Crippen LogP contribution in [0, 0.1) is 5.82 Å². The van der Waals surface area contributed by atoms with E-state index in [-0.39, 0.29) is 18.9 Å². The van der Waals surface area contributed by atoms with Gasteiger partial charge in [-0.25, -0.2) is 4.39 Å². The first-order valence-corrected chi connectivity index (χ1v) is 5.61. The summed E-state index contributed by atoms with van der Waals surface area (Å²) in [5.41, 5.74) is 1.07. The molecule has 2 N–H and O–H groups in total. The Balaban J connectivity index is 2.57. The molecule has 2 rings (SSSR count). The van der Waals surface area contributed by atoms with Crippen LogP contribution >= 0.6 is 0 Å². The average Bonchev–Trinajstić information content (AvgIpc) is 2.67. The van der Waals surface area contributed by atoms with Crippen molar-refractivity contribution in [2.24, 2.45) is 0 Å². The summed E-state index contributed by atoms with van der Waals surface area (Å²) >= 11 is 0. The van der Waals surface area contributed by atoms with E-state index in [9.17, 15) is 14.3 Å². The highest BCUT2D eigenvalue weighted by molar-refractivity contribution is 6.06. The van der Waals surface area contributed by atoms with Crippen LogP contribution in [0.15, 0.2) is 24.4 Å². The van der Waals surface area contributed by atoms with E-state index in [1.54, 1.807) is 16.8 Å². The Morgan fingerprint density at radius 2 is 2.22 bits per heavy atom. The van der Waals surface area contributed by atoms with Crippen LogP contribution in [0.2, 0.25) is 0 Å². The number of hydrogen-bond donors (Lipinski definition) is 2. The van der Waals surface area contributed by atoms with Crippen molar-refractivity contribution in [3.63, 3.8) is 0 Å². The van der Waals surface area contributed by atoms with Gasteiger partial charge in [0.15, 0.2) is 5.78 Å². The summed E-state index contributed by atoms with van der Waals surface area (Å²) in [5, 5.41) is 18.8. The predicted octanol–water partition coefficient (Wildman–Crippen LogP) is 1.34. The minimum absolute atomic E-state index is 0.159. The molecule has 0 aliphatic rings. The number of carbonyl (C=O) groups excluding carboxylic acids is 1. The van der Waals surface area contributed by atoms with Crippen LogP contribution in [0.5, 0.6) is 0 Å². The summed E-state index contributed by atoms with van der Waals surface area (Å²) in [5.74, 6) is -0.576. The minimum Gasteiger partial charge on any atom is -0.394 e. The fourth-order valence-corrected chi connectivity index (χ4v) is 1.99. The second-order valence-electron chi connectivity index (χ2n) is 4.25. The standard InChI is InChI=1S/C13H14FNO3/c1-8(17)12-6-15(5-10(18)7-16)13-3-2-9(14)4-11(12)13/h2-4,6,10,16,18H,5,7H2,1H3. The fraction of sp³-hybridized carbons (Fsp3) is 0.308. The van der Waals surface area contributed by atoms with Crippen molar-refractivity contribution in [2.45, 2.75) is 19.6 Å². The molecule has 1 aromatic heterocycles. The van der Waals surface area contributed by atoms with Crippen molar-refractivity contribution in [1.29, 1.82) is 0 Å². The Kier molecular flexibility index (Phi) is 3.45. The number of fused-ring (bicyclic) bond motifs is 1. The zero-order chi connectivity index (χ0) is 13.3. The molecular formula is C13H14FNO3. The van der Waals surface area contributed by atoms with Crippen LogP contribution in [0.3, 0.4) is 0 Å². The van der Waals surface area contributed by atoms with Crippen molar-refractivity contribution < 1.29 is 19.4 Å². The molecule has 2 aromatic rings. The minimum atomic E-state index is -0.912. The van der Waals surface area contributed by atoms with Gasteiger partial charge in [-0.15, -0.1) is 0 Å². The zero-order valence-electron chi connectivity index (χ0n) is 9.93. The second-order valence-corrected chi connectivity index (χ2v) is 4.25. The molecule has 0 saturated carbocycles. The van der Waals surface area contributed by atoms with E-state index in [2.05, 4.69) is 0 Å². The molecule has 0 bridgehead atoms. The molecule has 1 unspecified atom stereocenters. The third kappa shape index (κ3) is 2.27. The fourth-order valence-electron chi connectivity index (χ4n) is 1.99. The molecule has 0 aliphatic carbocycles. The van der Waals surface area contributed by atoms with Crippen molar-refractivity contribution in [2.75, 3.05) is 6.61 Å². The Labute approximate surface area is 103 Å². The first kappa shape index (κ1) is 12.7. The molecule has 0 saturated heterocycles. The van der Waals surface area contributed by atoms with Gasteiger partial charge in [-0.2, -0.15) is 0 Å². The number of ketones is 1. The molecule has 18 heavy (non-hydrogen) atoms. The van der Waals surface area contributed by atoms with Gasteiger partial charge in [-0.1, -0.05) is 0 Å². The monoisotopic (exact) mass is 251 g/mol. The maximum Gasteiger partial charge on any atom is 0.161 e. The van der Waals surface area contributed by atoms with Gasteiger partial charge < -0.3 is 14.8 Å². The molecule has 0 fully saturated rings. The number of hydrogen-bond acceptors (Lipinski definition) is 3. The molecule has 0 spiro atoms. The van der Waals surface area contributed by atoms with E-state index < -0.39 is 11.9 Å². The maximum absolute atomic E-state index is 13.2. The number of Topliss-reactive ketones (excluding diaryl/α,β-unsaturated/α-hetero) is 1. The first-order chi connectivity index (χ1) is 8.52. The van der Waals surface area contributed by atoms with Gasteiger partial charge in [0, 0.05) is 22.7 Å². The van der Waals surface area contributed by atoms with Crippen LogP contribution in [-0.2, 0) is 6.54 Å².